The van der Waals surface area contributed by atoms with Crippen molar-refractivity contribution in [3.05, 3.63) is 11.4 Å². The van der Waals surface area contributed by atoms with Gasteiger partial charge in [-0.2, -0.15) is 5.10 Å². The summed E-state index contributed by atoms with van der Waals surface area (Å²) in [6.45, 7) is 8.01. The number of nitrogen functional groups attached to an aromatic ring is 1. The second-order valence-corrected chi connectivity index (χ2v) is 6.18. The molecule has 1 aliphatic rings. The minimum Gasteiger partial charge on any atom is -0.395 e. The van der Waals surface area contributed by atoms with Crippen LogP contribution in [-0.4, -0.2) is 33.7 Å². The topological polar surface area (TPSA) is 64.2 Å². The van der Waals surface area contributed by atoms with Crippen LogP contribution in [0, 0.1) is 5.41 Å². The number of anilines is 1. The van der Waals surface area contributed by atoms with E-state index in [1.807, 2.05) is 11.8 Å². The predicted molar refractivity (Wildman–Crippen MR) is 75.9 cm³/mol. The molecule has 2 rings (SSSR count). The molecule has 0 aliphatic carbocycles. The summed E-state index contributed by atoms with van der Waals surface area (Å²) >= 11 is 0. The molecule has 1 saturated heterocycles. The van der Waals surface area contributed by atoms with Crippen LogP contribution in [0.4, 0.5) is 5.69 Å². The number of hydrogen-bond acceptors (Lipinski definition) is 3. The lowest BCUT2D eigenvalue weighted by atomic mass is 9.84. The minimum absolute atomic E-state index is 0.0139. The van der Waals surface area contributed by atoms with E-state index >= 15 is 0 Å². The van der Waals surface area contributed by atoms with Gasteiger partial charge in [-0.15, -0.1) is 0 Å². The van der Waals surface area contributed by atoms with E-state index < -0.39 is 0 Å². The highest BCUT2D eigenvalue weighted by molar-refractivity contribution is 5.98. The van der Waals surface area contributed by atoms with E-state index in [0.29, 0.717) is 11.4 Å². The number of aromatic nitrogens is 2. The normalized spacial score (nSPS) is 18.6. The Kier molecular flexibility index (Phi) is 3.56. The maximum Gasteiger partial charge on any atom is 0.274 e. The van der Waals surface area contributed by atoms with Gasteiger partial charge in [0.05, 0.1) is 11.4 Å². The lowest BCUT2D eigenvalue weighted by Crippen LogP contribution is -2.44. The van der Waals surface area contributed by atoms with Gasteiger partial charge in [0.1, 0.15) is 5.69 Å². The number of hydrogen-bond donors (Lipinski definition) is 1. The number of likely N-dealkylation sites (tertiary alicyclic amines) is 1. The molecule has 0 atom stereocenters. The quantitative estimate of drug-likeness (QED) is 0.886. The second-order valence-electron chi connectivity index (χ2n) is 6.18. The maximum atomic E-state index is 12.6. The zero-order chi connectivity index (χ0) is 14.2. The number of carbonyl (C=O) groups excluding carboxylic acids is 1. The van der Waals surface area contributed by atoms with E-state index in [2.05, 4.69) is 18.9 Å². The Morgan fingerprint density at radius 3 is 2.68 bits per heavy atom. The number of amides is 1. The molecule has 0 bridgehead atoms. The van der Waals surface area contributed by atoms with Crippen LogP contribution in [0.15, 0.2) is 0 Å². The van der Waals surface area contributed by atoms with Crippen molar-refractivity contribution in [2.24, 2.45) is 12.5 Å². The van der Waals surface area contributed by atoms with Crippen LogP contribution in [0.25, 0.3) is 0 Å². The fraction of sp³-hybridized carbons (Fsp3) is 0.714. The number of rotatable bonds is 2. The zero-order valence-electron chi connectivity index (χ0n) is 12.4. The first kappa shape index (κ1) is 13.9. The van der Waals surface area contributed by atoms with E-state index in [4.69, 9.17) is 5.73 Å². The number of nitrogens with two attached hydrogens (primary N) is 1. The second kappa shape index (κ2) is 4.87. The third-order valence-corrected chi connectivity index (χ3v) is 3.89. The van der Waals surface area contributed by atoms with Gasteiger partial charge in [0.25, 0.3) is 5.91 Å². The first-order valence-electron chi connectivity index (χ1n) is 6.96. The van der Waals surface area contributed by atoms with Crippen molar-refractivity contribution in [1.29, 1.82) is 0 Å². The van der Waals surface area contributed by atoms with Crippen molar-refractivity contribution in [2.45, 2.75) is 40.0 Å². The minimum atomic E-state index is 0.0139. The van der Waals surface area contributed by atoms with Crippen LogP contribution < -0.4 is 5.73 Å². The summed E-state index contributed by atoms with van der Waals surface area (Å²) in [7, 11) is 1.79. The van der Waals surface area contributed by atoms with Crippen molar-refractivity contribution >= 4 is 11.6 Å². The van der Waals surface area contributed by atoms with Crippen molar-refractivity contribution in [3.8, 4) is 0 Å². The molecule has 0 unspecified atom stereocenters. The molecule has 1 fully saturated rings. The number of aryl methyl sites for hydroxylation is 2. The van der Waals surface area contributed by atoms with Crippen LogP contribution in [0.1, 0.15) is 49.8 Å². The summed E-state index contributed by atoms with van der Waals surface area (Å²) < 4.78 is 1.62. The Hall–Kier alpha value is -1.52. The van der Waals surface area contributed by atoms with Gasteiger partial charge in [0, 0.05) is 20.1 Å². The Bertz CT molecular complexity index is 490. The molecule has 1 aromatic heterocycles. The summed E-state index contributed by atoms with van der Waals surface area (Å²) in [6, 6.07) is 0. The first-order chi connectivity index (χ1) is 8.85. The van der Waals surface area contributed by atoms with E-state index in [-0.39, 0.29) is 11.3 Å². The van der Waals surface area contributed by atoms with Gasteiger partial charge in [-0.05, 0) is 24.7 Å². The standard InChI is InChI=1S/C14H24N4O/c1-5-10-11(15)12(17(4)16-10)13(19)18-8-6-7-14(2,3)9-18/h5-9,15H2,1-4H3. The van der Waals surface area contributed by atoms with Gasteiger partial charge in [-0.25, -0.2) is 0 Å². The zero-order valence-corrected chi connectivity index (χ0v) is 12.4. The molecule has 0 spiro atoms. The van der Waals surface area contributed by atoms with Crippen LogP contribution in [0.3, 0.4) is 0 Å². The monoisotopic (exact) mass is 264 g/mol. The van der Waals surface area contributed by atoms with E-state index in [9.17, 15) is 4.79 Å². The molecular formula is C14H24N4O. The molecule has 2 heterocycles. The average molecular weight is 264 g/mol. The van der Waals surface area contributed by atoms with Gasteiger partial charge >= 0.3 is 0 Å². The molecular weight excluding hydrogens is 240 g/mol. The highest BCUT2D eigenvalue weighted by atomic mass is 16.2. The number of carbonyl (C=O) groups is 1. The predicted octanol–water partition coefficient (Wildman–Crippen LogP) is 1.83. The smallest absolute Gasteiger partial charge is 0.274 e. The first-order valence-corrected chi connectivity index (χ1v) is 6.96. The molecule has 2 N–H and O–H groups in total. The lowest BCUT2D eigenvalue weighted by Gasteiger charge is -2.38. The summed E-state index contributed by atoms with van der Waals surface area (Å²) in [5, 5.41) is 4.33. The molecule has 0 saturated carbocycles. The highest BCUT2D eigenvalue weighted by Crippen LogP contribution is 2.30. The summed E-state index contributed by atoms with van der Waals surface area (Å²) in [6.07, 6.45) is 2.97. The van der Waals surface area contributed by atoms with Crippen molar-refractivity contribution in [2.75, 3.05) is 18.8 Å². The SMILES string of the molecule is CCc1nn(C)c(C(=O)N2CCCC(C)(C)C2)c1N. The fourth-order valence-corrected chi connectivity index (χ4v) is 2.86. The van der Waals surface area contributed by atoms with Gasteiger partial charge in [0.2, 0.25) is 0 Å². The van der Waals surface area contributed by atoms with Crippen LogP contribution >= 0.6 is 0 Å². The molecule has 1 aliphatic heterocycles. The van der Waals surface area contributed by atoms with Gasteiger partial charge in [0.15, 0.2) is 0 Å². The third kappa shape index (κ3) is 2.60. The molecule has 0 radical (unpaired) electrons. The van der Waals surface area contributed by atoms with Crippen molar-refractivity contribution in [1.82, 2.24) is 14.7 Å². The molecule has 5 nitrogen and oxygen atoms in total. The van der Waals surface area contributed by atoms with Crippen molar-refractivity contribution < 1.29 is 4.79 Å². The Morgan fingerprint density at radius 2 is 2.16 bits per heavy atom. The van der Waals surface area contributed by atoms with Crippen molar-refractivity contribution in [3.63, 3.8) is 0 Å². The molecule has 1 aromatic rings. The number of piperidine rings is 1. The Morgan fingerprint density at radius 1 is 1.47 bits per heavy atom. The summed E-state index contributed by atoms with van der Waals surface area (Å²) in [5.74, 6) is 0.0139. The Labute approximate surface area is 114 Å². The van der Waals surface area contributed by atoms with E-state index in [1.54, 1.807) is 11.7 Å². The van der Waals surface area contributed by atoms with Gasteiger partial charge in [-0.3, -0.25) is 9.48 Å². The number of nitrogens with zero attached hydrogens (tertiary/aromatic N) is 3. The highest BCUT2D eigenvalue weighted by Gasteiger charge is 2.32. The van der Waals surface area contributed by atoms with E-state index in [1.165, 1.54) is 0 Å². The molecule has 1 amide bonds. The third-order valence-electron chi connectivity index (χ3n) is 3.89. The Balaban J connectivity index is 2.27. The lowest BCUT2D eigenvalue weighted by molar-refractivity contribution is 0.0573. The average Bonchev–Trinajstić information content (AvgIpc) is 2.62. The summed E-state index contributed by atoms with van der Waals surface area (Å²) in [4.78, 5) is 14.6. The molecule has 0 aromatic carbocycles. The van der Waals surface area contributed by atoms with Crippen LogP contribution in [-0.2, 0) is 13.5 Å². The largest absolute Gasteiger partial charge is 0.395 e. The fourth-order valence-electron chi connectivity index (χ4n) is 2.86. The van der Waals surface area contributed by atoms with E-state index in [0.717, 1.165) is 38.0 Å². The van der Waals surface area contributed by atoms with Crippen LogP contribution in [0.2, 0.25) is 0 Å². The van der Waals surface area contributed by atoms with Crippen LogP contribution in [0.5, 0.6) is 0 Å². The summed E-state index contributed by atoms with van der Waals surface area (Å²) in [5.41, 5.74) is 8.13. The molecule has 5 heteroatoms. The van der Waals surface area contributed by atoms with Gasteiger partial charge in [-0.1, -0.05) is 20.8 Å². The maximum absolute atomic E-state index is 12.6. The molecule has 106 valence electrons. The molecule has 19 heavy (non-hydrogen) atoms. The van der Waals surface area contributed by atoms with Gasteiger partial charge < -0.3 is 10.6 Å².